The minimum atomic E-state index is -3.66. The molecule has 0 saturated heterocycles. The zero-order chi connectivity index (χ0) is 17.0. The summed E-state index contributed by atoms with van der Waals surface area (Å²) in [6.45, 7) is 1.47. The van der Waals surface area contributed by atoms with Gasteiger partial charge >= 0.3 is 0 Å². The predicted octanol–water partition coefficient (Wildman–Crippen LogP) is 2.62. The van der Waals surface area contributed by atoms with Gasteiger partial charge in [-0.2, -0.15) is 0 Å². The molecule has 0 aliphatic rings. The van der Waals surface area contributed by atoms with E-state index < -0.39 is 27.8 Å². The number of sulfonamides is 1. The molecule has 0 radical (unpaired) electrons. The number of hydrogen-bond donors (Lipinski definition) is 1. The average Bonchev–Trinajstić information content (AvgIpc) is 2.47. The van der Waals surface area contributed by atoms with E-state index in [4.69, 9.17) is 0 Å². The van der Waals surface area contributed by atoms with Crippen LogP contribution in [0.15, 0.2) is 54.6 Å². The second-order valence-corrected chi connectivity index (χ2v) is 6.93. The second kappa shape index (κ2) is 6.78. The van der Waals surface area contributed by atoms with Gasteiger partial charge in [0.25, 0.3) is 0 Å². The third-order valence-corrected chi connectivity index (χ3v) is 4.43. The van der Waals surface area contributed by atoms with E-state index in [1.165, 1.54) is 25.1 Å². The number of hydrogen-bond acceptors (Lipinski definition) is 3. The van der Waals surface area contributed by atoms with Gasteiger partial charge in [-0.15, -0.1) is 0 Å². The molecule has 0 fully saturated rings. The fourth-order valence-electron chi connectivity index (χ4n) is 2.20. The second-order valence-electron chi connectivity index (χ2n) is 5.07. The van der Waals surface area contributed by atoms with Crippen molar-refractivity contribution in [2.75, 3.05) is 15.9 Å². The summed E-state index contributed by atoms with van der Waals surface area (Å²) in [6.07, 6.45) is 1.03. The van der Waals surface area contributed by atoms with Crippen LogP contribution in [0.5, 0.6) is 0 Å². The molecule has 7 heteroatoms. The Morgan fingerprint density at radius 3 is 2.35 bits per heavy atom. The standard InChI is InChI=1S/C16H17FN2O3S/c1-12(16(20)18-14-8-6-7-13(17)11-14)19(23(2,21)22)15-9-4-3-5-10-15/h3-12H,1-2H3,(H,18,20). The highest BCUT2D eigenvalue weighted by atomic mass is 32.2. The van der Waals surface area contributed by atoms with E-state index in [9.17, 15) is 17.6 Å². The molecule has 2 rings (SSSR count). The molecule has 0 spiro atoms. The van der Waals surface area contributed by atoms with Gasteiger partial charge in [0.05, 0.1) is 11.9 Å². The van der Waals surface area contributed by atoms with Crippen LogP contribution in [0.25, 0.3) is 0 Å². The molecule has 23 heavy (non-hydrogen) atoms. The molecule has 1 amide bonds. The summed E-state index contributed by atoms with van der Waals surface area (Å²) in [5, 5.41) is 2.52. The molecular formula is C16H17FN2O3S. The Morgan fingerprint density at radius 2 is 1.78 bits per heavy atom. The normalized spacial score (nSPS) is 12.5. The number of anilines is 2. The molecular weight excluding hydrogens is 319 g/mol. The highest BCUT2D eigenvalue weighted by Gasteiger charge is 2.29. The molecule has 0 saturated carbocycles. The Labute approximate surface area is 134 Å². The number of carbonyl (C=O) groups is 1. The van der Waals surface area contributed by atoms with Crippen molar-refractivity contribution in [1.82, 2.24) is 0 Å². The van der Waals surface area contributed by atoms with Crippen LogP contribution < -0.4 is 9.62 Å². The lowest BCUT2D eigenvalue weighted by Gasteiger charge is -2.28. The van der Waals surface area contributed by atoms with Crippen molar-refractivity contribution in [2.45, 2.75) is 13.0 Å². The van der Waals surface area contributed by atoms with Crippen LogP contribution in [0, 0.1) is 5.82 Å². The summed E-state index contributed by atoms with van der Waals surface area (Å²) in [4.78, 5) is 12.3. The van der Waals surface area contributed by atoms with Crippen LogP contribution >= 0.6 is 0 Å². The van der Waals surface area contributed by atoms with E-state index in [1.54, 1.807) is 30.3 Å². The van der Waals surface area contributed by atoms with Gasteiger partial charge in [-0.1, -0.05) is 24.3 Å². The number of nitrogens with one attached hydrogen (secondary N) is 1. The molecule has 1 N–H and O–H groups in total. The molecule has 1 atom stereocenters. The summed E-state index contributed by atoms with van der Waals surface area (Å²) in [5.41, 5.74) is 0.653. The fraction of sp³-hybridized carbons (Fsp3) is 0.188. The van der Waals surface area contributed by atoms with Crippen molar-refractivity contribution in [2.24, 2.45) is 0 Å². The van der Waals surface area contributed by atoms with Gasteiger partial charge in [-0.25, -0.2) is 12.8 Å². The average molecular weight is 336 g/mol. The maximum atomic E-state index is 13.2. The number of rotatable bonds is 5. The lowest BCUT2D eigenvalue weighted by molar-refractivity contribution is -0.116. The van der Waals surface area contributed by atoms with Crippen molar-refractivity contribution in [3.63, 3.8) is 0 Å². The molecule has 1 unspecified atom stereocenters. The summed E-state index contributed by atoms with van der Waals surface area (Å²) in [7, 11) is -3.66. The van der Waals surface area contributed by atoms with E-state index in [1.807, 2.05) is 0 Å². The summed E-state index contributed by atoms with van der Waals surface area (Å²) in [6, 6.07) is 12.7. The maximum Gasteiger partial charge on any atom is 0.247 e. The van der Waals surface area contributed by atoms with E-state index in [0.29, 0.717) is 5.69 Å². The third-order valence-electron chi connectivity index (χ3n) is 3.19. The van der Waals surface area contributed by atoms with Crippen LogP contribution in [0.4, 0.5) is 15.8 Å². The first-order valence-corrected chi connectivity index (χ1v) is 8.75. The van der Waals surface area contributed by atoms with Crippen LogP contribution in [-0.4, -0.2) is 26.6 Å². The first-order chi connectivity index (χ1) is 10.8. The SMILES string of the molecule is CC(C(=O)Nc1cccc(F)c1)N(c1ccccc1)S(C)(=O)=O. The van der Waals surface area contributed by atoms with E-state index in [0.717, 1.165) is 16.6 Å². The Hall–Kier alpha value is -2.41. The topological polar surface area (TPSA) is 66.5 Å². The molecule has 122 valence electrons. The minimum absolute atomic E-state index is 0.267. The Balaban J connectivity index is 2.27. The fourth-order valence-corrected chi connectivity index (χ4v) is 3.37. The Morgan fingerprint density at radius 1 is 1.13 bits per heavy atom. The Bertz CT molecular complexity index is 794. The van der Waals surface area contributed by atoms with Gasteiger partial charge in [0.2, 0.25) is 15.9 Å². The smallest absolute Gasteiger partial charge is 0.247 e. The highest BCUT2D eigenvalue weighted by molar-refractivity contribution is 7.92. The molecule has 0 bridgehead atoms. The van der Waals surface area contributed by atoms with Crippen molar-refractivity contribution in [1.29, 1.82) is 0 Å². The first-order valence-electron chi connectivity index (χ1n) is 6.90. The summed E-state index contributed by atoms with van der Waals surface area (Å²) >= 11 is 0. The van der Waals surface area contributed by atoms with Gasteiger partial charge in [-0.3, -0.25) is 9.10 Å². The van der Waals surface area contributed by atoms with Crippen LogP contribution in [0.3, 0.4) is 0 Å². The first kappa shape index (κ1) is 17.0. The zero-order valence-corrected chi connectivity index (χ0v) is 13.5. The van der Waals surface area contributed by atoms with Crippen LogP contribution in [0.1, 0.15) is 6.92 Å². The number of para-hydroxylation sites is 1. The number of benzene rings is 2. The van der Waals surface area contributed by atoms with E-state index >= 15 is 0 Å². The molecule has 5 nitrogen and oxygen atoms in total. The van der Waals surface area contributed by atoms with Gasteiger partial charge < -0.3 is 5.32 Å². The largest absolute Gasteiger partial charge is 0.324 e. The molecule has 0 aliphatic heterocycles. The van der Waals surface area contributed by atoms with Crippen molar-refractivity contribution in [3.8, 4) is 0 Å². The number of carbonyl (C=O) groups excluding carboxylic acids is 1. The molecule has 2 aromatic rings. The van der Waals surface area contributed by atoms with Crippen molar-refractivity contribution >= 4 is 27.3 Å². The van der Waals surface area contributed by atoms with Crippen LogP contribution in [-0.2, 0) is 14.8 Å². The van der Waals surface area contributed by atoms with E-state index in [-0.39, 0.29) is 5.69 Å². The lowest BCUT2D eigenvalue weighted by atomic mass is 10.2. The zero-order valence-electron chi connectivity index (χ0n) is 12.7. The minimum Gasteiger partial charge on any atom is -0.324 e. The van der Waals surface area contributed by atoms with Crippen molar-refractivity contribution in [3.05, 3.63) is 60.4 Å². The molecule has 0 aromatic heterocycles. The van der Waals surface area contributed by atoms with Gasteiger partial charge in [0, 0.05) is 5.69 Å². The Kier molecular flexibility index (Phi) is 5.00. The predicted molar refractivity (Wildman–Crippen MR) is 88.3 cm³/mol. The summed E-state index contributed by atoms with van der Waals surface area (Å²) in [5.74, 6) is -1.04. The molecule has 0 heterocycles. The quantitative estimate of drug-likeness (QED) is 0.913. The van der Waals surface area contributed by atoms with Gasteiger partial charge in [0.15, 0.2) is 0 Å². The maximum absolute atomic E-state index is 13.2. The molecule has 2 aromatic carbocycles. The number of nitrogens with zero attached hydrogens (tertiary/aromatic N) is 1. The third kappa shape index (κ3) is 4.29. The lowest BCUT2D eigenvalue weighted by Crippen LogP contribution is -2.45. The highest BCUT2D eigenvalue weighted by Crippen LogP contribution is 2.21. The van der Waals surface area contributed by atoms with Crippen molar-refractivity contribution < 1.29 is 17.6 Å². The monoisotopic (exact) mass is 336 g/mol. The number of amides is 1. The number of halogens is 1. The summed E-state index contributed by atoms with van der Waals surface area (Å²) < 4.78 is 38.3. The van der Waals surface area contributed by atoms with Gasteiger partial charge in [-0.05, 0) is 37.3 Å². The molecule has 0 aliphatic carbocycles. The van der Waals surface area contributed by atoms with E-state index in [2.05, 4.69) is 5.32 Å². The van der Waals surface area contributed by atoms with Gasteiger partial charge in [0.1, 0.15) is 11.9 Å². The van der Waals surface area contributed by atoms with Crippen LogP contribution in [0.2, 0.25) is 0 Å².